The maximum Gasteiger partial charge on any atom is 0.0696 e. The zero-order chi connectivity index (χ0) is 16.3. The van der Waals surface area contributed by atoms with E-state index in [4.69, 9.17) is 5.26 Å². The average Bonchev–Trinajstić information content (AvgIpc) is 2.50. The second-order valence-corrected chi connectivity index (χ2v) is 9.48. The minimum Gasteiger partial charge on any atom is -0.392 e. The first-order chi connectivity index (χ1) is 10.9. The summed E-state index contributed by atoms with van der Waals surface area (Å²) in [6.45, 7) is 8.65. The van der Waals surface area contributed by atoms with Crippen LogP contribution in [0.25, 0.3) is 0 Å². The second-order valence-electron chi connectivity index (χ2n) is 9.48. The molecule has 1 saturated carbocycles. The molecule has 5 rings (SSSR count). The standard InChI is InChI=1S/C19H31N3O/c1-17-11-21-13-18(2,15(17)23)14-22(12-17)16(21)19(9-6-10-20)7-4-3-5-8-19/h15-16,23H,3-9,11-14H2,1-2H3. The molecule has 4 heteroatoms. The third-order valence-corrected chi connectivity index (χ3v) is 7.40. The van der Waals surface area contributed by atoms with Gasteiger partial charge in [0.25, 0.3) is 0 Å². The predicted octanol–water partition coefficient (Wildman–Crippen LogP) is 2.59. The fraction of sp³-hybridized carbons (Fsp3) is 0.947. The molecule has 0 aromatic rings. The van der Waals surface area contributed by atoms with Crippen molar-refractivity contribution in [3.05, 3.63) is 0 Å². The molecule has 128 valence electrons. The van der Waals surface area contributed by atoms with E-state index in [-0.39, 0.29) is 16.9 Å². The number of nitrogens with zero attached hydrogens (tertiary/aromatic N) is 3. The third kappa shape index (κ3) is 2.20. The van der Waals surface area contributed by atoms with Crippen LogP contribution in [0.4, 0.5) is 0 Å². The van der Waals surface area contributed by atoms with Gasteiger partial charge in [-0.25, -0.2) is 0 Å². The molecule has 0 amide bonds. The van der Waals surface area contributed by atoms with Crippen molar-refractivity contribution in [1.29, 1.82) is 5.26 Å². The Balaban J connectivity index is 1.66. The number of aliphatic hydroxyl groups is 1. The van der Waals surface area contributed by atoms with E-state index in [1.165, 1.54) is 32.1 Å². The summed E-state index contributed by atoms with van der Waals surface area (Å²) in [5.74, 6) is 0. The van der Waals surface area contributed by atoms with Crippen LogP contribution >= 0.6 is 0 Å². The first-order valence-electron chi connectivity index (χ1n) is 9.46. The Morgan fingerprint density at radius 2 is 1.52 bits per heavy atom. The van der Waals surface area contributed by atoms with Gasteiger partial charge in [0.2, 0.25) is 0 Å². The van der Waals surface area contributed by atoms with E-state index in [1.807, 2.05) is 0 Å². The highest BCUT2D eigenvalue weighted by molar-refractivity contribution is 5.15. The van der Waals surface area contributed by atoms with Crippen molar-refractivity contribution in [1.82, 2.24) is 9.80 Å². The molecule has 0 atom stereocenters. The molecule has 0 spiro atoms. The number of rotatable bonds is 3. The van der Waals surface area contributed by atoms with Crippen molar-refractivity contribution < 1.29 is 5.11 Å². The summed E-state index contributed by atoms with van der Waals surface area (Å²) < 4.78 is 0. The highest BCUT2D eigenvalue weighted by atomic mass is 16.3. The van der Waals surface area contributed by atoms with Gasteiger partial charge in [-0.15, -0.1) is 0 Å². The fourth-order valence-electron chi connectivity index (χ4n) is 6.80. The molecule has 5 aliphatic rings. The van der Waals surface area contributed by atoms with Crippen LogP contribution in [0.15, 0.2) is 0 Å². The van der Waals surface area contributed by atoms with Crippen molar-refractivity contribution in [2.45, 2.75) is 71.1 Å². The predicted molar refractivity (Wildman–Crippen MR) is 89.5 cm³/mol. The summed E-state index contributed by atoms with van der Waals surface area (Å²) in [6, 6.07) is 2.41. The first-order valence-corrected chi connectivity index (χ1v) is 9.46. The van der Waals surface area contributed by atoms with E-state index in [9.17, 15) is 5.11 Å². The molecule has 4 heterocycles. The van der Waals surface area contributed by atoms with Crippen LogP contribution in [-0.2, 0) is 0 Å². The molecule has 0 aromatic carbocycles. The number of nitriles is 1. The van der Waals surface area contributed by atoms with Gasteiger partial charge in [-0.1, -0.05) is 33.1 Å². The molecule has 4 nitrogen and oxygen atoms in total. The molecule has 0 unspecified atom stereocenters. The molecule has 1 N–H and O–H groups in total. The SMILES string of the molecule is CC12CN3CC(C)(CN(C1)C3C1(CCC#N)CCCCC1)C2O. The summed E-state index contributed by atoms with van der Waals surface area (Å²) in [4.78, 5) is 5.37. The Morgan fingerprint density at radius 1 is 1.00 bits per heavy atom. The summed E-state index contributed by atoms with van der Waals surface area (Å²) in [7, 11) is 0. The third-order valence-electron chi connectivity index (χ3n) is 7.40. The number of hydrogen-bond acceptors (Lipinski definition) is 4. The van der Waals surface area contributed by atoms with E-state index in [0.717, 1.165) is 32.6 Å². The molecule has 4 aliphatic heterocycles. The Bertz CT molecular complexity index is 481. The molecule has 4 bridgehead atoms. The van der Waals surface area contributed by atoms with Gasteiger partial charge in [-0.2, -0.15) is 5.26 Å². The van der Waals surface area contributed by atoms with Crippen molar-refractivity contribution in [2.75, 3.05) is 26.2 Å². The van der Waals surface area contributed by atoms with E-state index in [1.54, 1.807) is 0 Å². The second kappa shape index (κ2) is 5.18. The smallest absolute Gasteiger partial charge is 0.0696 e. The molecule has 1 aliphatic carbocycles. The Morgan fingerprint density at radius 3 is 2.00 bits per heavy atom. The van der Waals surface area contributed by atoms with E-state index in [2.05, 4.69) is 29.7 Å². The summed E-state index contributed by atoms with van der Waals surface area (Å²) >= 11 is 0. The van der Waals surface area contributed by atoms with Crippen molar-refractivity contribution in [2.24, 2.45) is 16.2 Å². The van der Waals surface area contributed by atoms with Crippen LogP contribution in [-0.4, -0.2) is 53.4 Å². The zero-order valence-corrected chi connectivity index (χ0v) is 14.7. The normalized spacial score (nSPS) is 50.7. The van der Waals surface area contributed by atoms with E-state index in [0.29, 0.717) is 18.0 Å². The largest absolute Gasteiger partial charge is 0.392 e. The highest BCUT2D eigenvalue weighted by Crippen LogP contribution is 2.56. The number of piperidine rings is 2. The maximum absolute atomic E-state index is 10.9. The minimum absolute atomic E-state index is 0.0207. The van der Waals surface area contributed by atoms with Gasteiger partial charge in [-0.3, -0.25) is 9.80 Å². The highest BCUT2D eigenvalue weighted by Gasteiger charge is 2.64. The molecule has 0 aromatic heterocycles. The summed E-state index contributed by atoms with van der Waals surface area (Å²) in [6.07, 6.45) is 8.63. The van der Waals surface area contributed by atoms with Crippen LogP contribution in [0.5, 0.6) is 0 Å². The fourth-order valence-corrected chi connectivity index (χ4v) is 6.80. The van der Waals surface area contributed by atoms with Crippen LogP contribution in [0.2, 0.25) is 0 Å². The lowest BCUT2D eigenvalue weighted by atomic mass is 9.57. The molecule has 5 fully saturated rings. The Kier molecular flexibility index (Phi) is 3.58. The van der Waals surface area contributed by atoms with Gasteiger partial charge in [0, 0.05) is 48.8 Å². The quantitative estimate of drug-likeness (QED) is 0.869. The lowest BCUT2D eigenvalue weighted by molar-refractivity contribution is -0.276. The number of aliphatic hydroxyl groups excluding tert-OH is 1. The van der Waals surface area contributed by atoms with Gasteiger partial charge < -0.3 is 5.11 Å². The van der Waals surface area contributed by atoms with Crippen LogP contribution in [0, 0.1) is 27.6 Å². The average molecular weight is 317 g/mol. The maximum atomic E-state index is 10.9. The van der Waals surface area contributed by atoms with Crippen molar-refractivity contribution >= 4 is 0 Å². The molecular weight excluding hydrogens is 286 g/mol. The van der Waals surface area contributed by atoms with Gasteiger partial charge in [0.05, 0.1) is 18.3 Å². The van der Waals surface area contributed by atoms with Crippen LogP contribution in [0.1, 0.15) is 58.8 Å². The van der Waals surface area contributed by atoms with Gasteiger partial charge in [0.1, 0.15) is 0 Å². The lowest BCUT2D eigenvalue weighted by Gasteiger charge is -2.71. The van der Waals surface area contributed by atoms with E-state index >= 15 is 0 Å². The number of hydrogen-bond donors (Lipinski definition) is 1. The van der Waals surface area contributed by atoms with Crippen LogP contribution in [0.3, 0.4) is 0 Å². The minimum atomic E-state index is -0.176. The molecule has 0 radical (unpaired) electrons. The van der Waals surface area contributed by atoms with Gasteiger partial charge in [0.15, 0.2) is 0 Å². The van der Waals surface area contributed by atoms with Crippen molar-refractivity contribution in [3.63, 3.8) is 0 Å². The molecular formula is C19H31N3O. The lowest BCUT2D eigenvalue weighted by Crippen LogP contribution is -2.81. The van der Waals surface area contributed by atoms with Crippen molar-refractivity contribution in [3.8, 4) is 6.07 Å². The topological polar surface area (TPSA) is 50.5 Å². The van der Waals surface area contributed by atoms with Gasteiger partial charge in [-0.05, 0) is 19.3 Å². The summed E-state index contributed by atoms with van der Waals surface area (Å²) in [5, 5.41) is 20.0. The van der Waals surface area contributed by atoms with Crippen LogP contribution < -0.4 is 0 Å². The Hall–Kier alpha value is -0.630. The van der Waals surface area contributed by atoms with E-state index < -0.39 is 0 Å². The Labute approximate surface area is 140 Å². The molecule has 4 saturated heterocycles. The summed E-state index contributed by atoms with van der Waals surface area (Å²) in [5.41, 5.74) is 0.346. The molecule has 23 heavy (non-hydrogen) atoms. The monoisotopic (exact) mass is 317 g/mol. The first kappa shape index (κ1) is 15.9. The van der Waals surface area contributed by atoms with Gasteiger partial charge >= 0.3 is 0 Å². The zero-order valence-electron chi connectivity index (χ0n) is 14.7.